The smallest absolute Gasteiger partial charge is 0.328 e. The Morgan fingerprint density at radius 3 is 1.64 bits per heavy atom. The molecule has 410 valence electrons. The molecule has 10 atom stereocenters. The van der Waals surface area contributed by atoms with Gasteiger partial charge in [-0.3, -0.25) is 52.9 Å². The van der Waals surface area contributed by atoms with Gasteiger partial charge >= 0.3 is 11.9 Å². The van der Waals surface area contributed by atoms with Gasteiger partial charge in [0.2, 0.25) is 53.2 Å². The summed E-state index contributed by atoms with van der Waals surface area (Å²) in [5, 5.41) is 48.8. The summed E-state index contributed by atoms with van der Waals surface area (Å²) in [5.41, 5.74) is 28.7. The number of nitrogens with zero attached hydrogens (tertiary/aromatic N) is 1. The third kappa shape index (κ3) is 21.4. The van der Waals surface area contributed by atoms with Crippen LogP contribution < -0.4 is 71.2 Å². The average molecular weight is 1050 g/mol. The van der Waals surface area contributed by atoms with Gasteiger partial charge in [0.1, 0.15) is 42.3 Å². The van der Waals surface area contributed by atoms with Gasteiger partial charge in [-0.2, -0.15) is 0 Å². The molecule has 0 saturated heterocycles. The number of benzene rings is 1. The third-order valence-electron chi connectivity index (χ3n) is 11.2. The number of fused-ring (bicyclic) bond motifs is 1. The highest BCUT2D eigenvalue weighted by molar-refractivity contribution is 5.99. The van der Waals surface area contributed by atoms with E-state index in [1.54, 1.807) is 30.5 Å². The lowest BCUT2D eigenvalue weighted by molar-refractivity contribution is -0.145. The van der Waals surface area contributed by atoms with Crippen molar-refractivity contribution < 1.29 is 68.1 Å². The Labute approximate surface area is 425 Å². The number of guanidine groups is 1. The summed E-state index contributed by atoms with van der Waals surface area (Å²) in [6.45, 7) is 5.16. The topological polar surface area (TPSA) is 503 Å². The van der Waals surface area contributed by atoms with Crippen molar-refractivity contribution in [2.75, 3.05) is 13.1 Å². The van der Waals surface area contributed by atoms with E-state index in [0.29, 0.717) is 35.9 Å². The predicted molar refractivity (Wildman–Crippen MR) is 265 cm³/mol. The van der Waals surface area contributed by atoms with Crippen LogP contribution in [-0.2, 0) is 59.2 Å². The first kappa shape index (κ1) is 62.2. The summed E-state index contributed by atoms with van der Waals surface area (Å²) in [6.07, 6.45) is -1.24. The molecule has 0 spiro atoms. The first-order valence-corrected chi connectivity index (χ1v) is 23.7. The maximum absolute atomic E-state index is 14.1. The number of aliphatic carboxylic acids is 2. The molecule has 0 saturated carbocycles. The molecule has 29 heteroatoms. The van der Waals surface area contributed by atoms with Crippen LogP contribution in [0.1, 0.15) is 84.6 Å². The van der Waals surface area contributed by atoms with Crippen LogP contribution in [0.15, 0.2) is 35.5 Å². The standard InChI is InChI=1S/C45H71N15O14/c1-21(47)36(65)55-28(12-7-8-16-46)40(69)57-30(14-15-34(63)64)39(68)54-22(2)37(66)53-23(3)38(67)58-32(19-33(48)62)42(71)56-29(13-9-17-51-45(49)50)41(70)59-31(43(72)60-35(24(4)61)44(73)74)18-25-20-52-27-11-6-5-10-26(25)27/h5-6,10-11,20-24,28-32,35,52,61H,7-9,12-19,46-47H2,1-4H3,(H2,48,62)(H,53,66)(H,54,68)(H,55,65)(H,56,71)(H,57,69)(H,58,67)(H,59,70)(H,60,72)(H,63,64)(H,73,74)(H4,49,50,51)/t21-,22-,23-,24+,28-,29-,30-,31-,32-,35-/m0/s1. The minimum atomic E-state index is -1.78. The van der Waals surface area contributed by atoms with Crippen LogP contribution in [-0.4, -0.2) is 165 Å². The molecule has 0 aliphatic heterocycles. The first-order valence-electron chi connectivity index (χ1n) is 23.7. The normalized spacial score (nSPS) is 15.1. The van der Waals surface area contributed by atoms with Crippen molar-refractivity contribution in [3.8, 4) is 0 Å². The largest absolute Gasteiger partial charge is 0.481 e. The Balaban J connectivity index is 2.32. The first-order chi connectivity index (χ1) is 34.7. The number of aliphatic imine (C=N–C) groups is 1. The molecule has 0 bridgehead atoms. The lowest BCUT2D eigenvalue weighted by atomic mass is 10.0. The molecule has 0 fully saturated rings. The van der Waals surface area contributed by atoms with Crippen molar-refractivity contribution in [1.29, 1.82) is 0 Å². The highest BCUT2D eigenvalue weighted by Crippen LogP contribution is 2.20. The number of para-hydroxylation sites is 1. The second-order valence-electron chi connectivity index (χ2n) is 17.5. The Hall–Kier alpha value is -7.92. The number of carbonyl (C=O) groups is 11. The molecule has 0 unspecified atom stereocenters. The molecule has 0 aliphatic rings. The summed E-state index contributed by atoms with van der Waals surface area (Å²) >= 11 is 0. The van der Waals surface area contributed by atoms with E-state index in [1.165, 1.54) is 20.8 Å². The lowest BCUT2D eigenvalue weighted by Gasteiger charge is -2.27. The zero-order chi connectivity index (χ0) is 55.8. The number of H-pyrrole nitrogens is 1. The van der Waals surface area contributed by atoms with Gasteiger partial charge in [0.05, 0.1) is 18.6 Å². The highest BCUT2D eigenvalue weighted by Gasteiger charge is 2.35. The zero-order valence-electron chi connectivity index (χ0n) is 41.6. The number of rotatable bonds is 33. The SMILES string of the molecule is C[C@H](N)C(=O)N[C@@H](CCCCN)C(=O)N[C@@H](CCC(=O)O)C(=O)N[C@@H](C)C(=O)N[C@@H](C)C(=O)N[C@@H](CC(N)=O)C(=O)N[C@@H](CCCN=C(N)N)C(=O)N[C@@H](Cc1c[nH]c2ccccc12)C(=O)N[C@H](C(=O)O)[C@@H](C)O. The number of carbonyl (C=O) groups excluding carboxylic acids is 9. The van der Waals surface area contributed by atoms with E-state index in [4.69, 9.17) is 28.7 Å². The average Bonchev–Trinajstić information content (AvgIpc) is 3.73. The number of aliphatic hydroxyl groups is 1. The Kier molecular flexibility index (Phi) is 25.9. The predicted octanol–water partition coefficient (Wildman–Crippen LogP) is -5.64. The zero-order valence-corrected chi connectivity index (χ0v) is 41.6. The second kappa shape index (κ2) is 30.8. The van der Waals surface area contributed by atoms with Gasteiger partial charge in [0, 0.05) is 36.5 Å². The number of primary amides is 1. The number of aromatic nitrogens is 1. The number of nitrogens with two attached hydrogens (primary N) is 5. The van der Waals surface area contributed by atoms with E-state index in [0.717, 1.165) is 6.92 Å². The van der Waals surface area contributed by atoms with Crippen LogP contribution in [0.4, 0.5) is 0 Å². The quantitative estimate of drug-likeness (QED) is 0.0180. The second-order valence-corrected chi connectivity index (χ2v) is 17.5. The molecule has 0 aliphatic carbocycles. The highest BCUT2D eigenvalue weighted by atomic mass is 16.4. The Morgan fingerprint density at radius 1 is 0.608 bits per heavy atom. The van der Waals surface area contributed by atoms with Gasteiger partial charge in [0.15, 0.2) is 12.0 Å². The molecular formula is C45H71N15O14. The van der Waals surface area contributed by atoms with Crippen LogP contribution >= 0.6 is 0 Å². The summed E-state index contributed by atoms with van der Waals surface area (Å²) < 4.78 is 0. The maximum atomic E-state index is 14.1. The van der Waals surface area contributed by atoms with E-state index in [9.17, 15) is 68.1 Å². The summed E-state index contributed by atoms with van der Waals surface area (Å²) in [5.74, 6) is -11.9. The lowest BCUT2D eigenvalue weighted by Crippen LogP contribution is -2.60. The molecule has 1 aromatic carbocycles. The molecule has 74 heavy (non-hydrogen) atoms. The van der Waals surface area contributed by atoms with Crippen LogP contribution in [0, 0.1) is 0 Å². The molecule has 9 amide bonds. The molecular weight excluding hydrogens is 975 g/mol. The number of hydrogen-bond donors (Lipinski definition) is 17. The third-order valence-corrected chi connectivity index (χ3v) is 11.2. The summed E-state index contributed by atoms with van der Waals surface area (Å²) in [7, 11) is 0. The van der Waals surface area contributed by atoms with Gasteiger partial charge in [0.25, 0.3) is 0 Å². The van der Waals surface area contributed by atoms with E-state index >= 15 is 0 Å². The summed E-state index contributed by atoms with van der Waals surface area (Å²) in [4.78, 5) is 150. The van der Waals surface area contributed by atoms with Crippen molar-refractivity contribution in [1.82, 2.24) is 47.5 Å². The monoisotopic (exact) mass is 1050 g/mol. The van der Waals surface area contributed by atoms with E-state index in [2.05, 4.69) is 52.5 Å². The van der Waals surface area contributed by atoms with Gasteiger partial charge in [-0.1, -0.05) is 18.2 Å². The van der Waals surface area contributed by atoms with Crippen molar-refractivity contribution in [3.05, 3.63) is 36.0 Å². The number of amides is 9. The van der Waals surface area contributed by atoms with E-state index in [1.807, 2.05) is 0 Å². The maximum Gasteiger partial charge on any atom is 0.328 e. The molecule has 1 aromatic heterocycles. The van der Waals surface area contributed by atoms with Gasteiger partial charge in [-0.05, 0) is 84.4 Å². The molecule has 0 radical (unpaired) electrons. The number of unbranched alkanes of at least 4 members (excludes halogenated alkanes) is 1. The van der Waals surface area contributed by atoms with E-state index < -0.39 is 145 Å². The molecule has 29 nitrogen and oxygen atoms in total. The van der Waals surface area contributed by atoms with Crippen molar-refractivity contribution in [2.24, 2.45) is 33.7 Å². The van der Waals surface area contributed by atoms with Crippen molar-refractivity contribution >= 4 is 82.0 Å². The fraction of sp³-hybridized carbons (Fsp3) is 0.556. The van der Waals surface area contributed by atoms with Crippen LogP contribution in [0.5, 0.6) is 0 Å². The molecule has 2 rings (SSSR count). The van der Waals surface area contributed by atoms with E-state index in [-0.39, 0.29) is 38.2 Å². The fourth-order valence-electron chi connectivity index (χ4n) is 7.05. The summed E-state index contributed by atoms with van der Waals surface area (Å²) in [6, 6.07) is -6.27. The van der Waals surface area contributed by atoms with Crippen LogP contribution in [0.25, 0.3) is 10.9 Å². The van der Waals surface area contributed by atoms with Crippen LogP contribution in [0.2, 0.25) is 0 Å². The number of aliphatic hydroxyl groups excluding tert-OH is 1. The number of carboxylic acid groups (broad SMARTS) is 2. The molecule has 22 N–H and O–H groups in total. The fourth-order valence-corrected chi connectivity index (χ4v) is 7.05. The van der Waals surface area contributed by atoms with Crippen LogP contribution in [0.3, 0.4) is 0 Å². The minimum Gasteiger partial charge on any atom is -0.481 e. The number of hydrogen-bond acceptors (Lipinski definition) is 15. The van der Waals surface area contributed by atoms with Gasteiger partial charge in [-0.15, -0.1) is 0 Å². The van der Waals surface area contributed by atoms with Gasteiger partial charge in [-0.25, -0.2) is 4.79 Å². The molecule has 2 aromatic rings. The minimum absolute atomic E-state index is 0.0398. The Bertz CT molecular complexity index is 2340. The number of aromatic amines is 1. The Morgan fingerprint density at radius 2 is 1.09 bits per heavy atom. The van der Waals surface area contributed by atoms with Crippen molar-refractivity contribution in [2.45, 2.75) is 146 Å². The van der Waals surface area contributed by atoms with Crippen molar-refractivity contribution in [3.63, 3.8) is 0 Å². The van der Waals surface area contributed by atoms with Gasteiger partial charge < -0.3 is 91.5 Å². The number of carboxylic acids is 2. The number of nitrogens with one attached hydrogen (secondary N) is 9. The molecule has 1 heterocycles.